The second-order valence-corrected chi connectivity index (χ2v) is 4.58. The van der Waals surface area contributed by atoms with E-state index in [1.807, 2.05) is 48.7 Å². The molecule has 0 N–H and O–H groups in total. The Morgan fingerprint density at radius 1 is 1.16 bits per heavy atom. The molecule has 2 aromatic rings. The third-order valence-electron chi connectivity index (χ3n) is 3.05. The van der Waals surface area contributed by atoms with E-state index in [0.717, 1.165) is 36.3 Å². The lowest BCUT2D eigenvalue weighted by atomic mass is 10.1. The van der Waals surface area contributed by atoms with Gasteiger partial charge in [0.15, 0.2) is 0 Å². The van der Waals surface area contributed by atoms with Crippen molar-refractivity contribution in [1.29, 1.82) is 5.26 Å². The van der Waals surface area contributed by atoms with Gasteiger partial charge >= 0.3 is 0 Å². The number of hydrogen-bond donors (Lipinski definition) is 0. The van der Waals surface area contributed by atoms with Crippen molar-refractivity contribution in [3.8, 4) is 6.07 Å². The van der Waals surface area contributed by atoms with E-state index in [9.17, 15) is 0 Å². The summed E-state index contributed by atoms with van der Waals surface area (Å²) in [5.74, 6) is 0. The zero-order valence-electron chi connectivity index (χ0n) is 11.1. The average Bonchev–Trinajstić information content (AvgIpc) is 2.47. The zero-order chi connectivity index (χ0) is 13.5. The SMILES string of the molecule is CN(CCc1ccccn1)Cc1ccccc1C#N. The van der Waals surface area contributed by atoms with E-state index in [4.69, 9.17) is 5.26 Å². The van der Waals surface area contributed by atoms with E-state index < -0.39 is 0 Å². The highest BCUT2D eigenvalue weighted by Gasteiger charge is 2.05. The monoisotopic (exact) mass is 251 g/mol. The van der Waals surface area contributed by atoms with Gasteiger partial charge in [-0.2, -0.15) is 5.26 Å². The molecule has 0 aliphatic carbocycles. The van der Waals surface area contributed by atoms with Crippen molar-refractivity contribution in [3.63, 3.8) is 0 Å². The van der Waals surface area contributed by atoms with Crippen LogP contribution < -0.4 is 0 Å². The largest absolute Gasteiger partial charge is 0.302 e. The van der Waals surface area contributed by atoms with Crippen LogP contribution in [0.5, 0.6) is 0 Å². The molecule has 19 heavy (non-hydrogen) atoms. The highest BCUT2D eigenvalue weighted by Crippen LogP contribution is 2.10. The maximum Gasteiger partial charge on any atom is 0.0995 e. The third-order valence-corrected chi connectivity index (χ3v) is 3.05. The molecule has 1 aromatic carbocycles. The van der Waals surface area contributed by atoms with E-state index in [1.54, 1.807) is 0 Å². The molecule has 0 aliphatic heterocycles. The first-order valence-corrected chi connectivity index (χ1v) is 6.36. The van der Waals surface area contributed by atoms with Crippen LogP contribution in [-0.4, -0.2) is 23.5 Å². The Balaban J connectivity index is 1.91. The van der Waals surface area contributed by atoms with Gasteiger partial charge in [0, 0.05) is 31.4 Å². The van der Waals surface area contributed by atoms with Crippen molar-refractivity contribution in [2.24, 2.45) is 0 Å². The third kappa shape index (κ3) is 3.90. The van der Waals surface area contributed by atoms with Gasteiger partial charge in [-0.1, -0.05) is 24.3 Å². The molecule has 0 fully saturated rings. The minimum Gasteiger partial charge on any atom is -0.302 e. The first-order valence-electron chi connectivity index (χ1n) is 6.36. The van der Waals surface area contributed by atoms with Crippen LogP contribution in [-0.2, 0) is 13.0 Å². The van der Waals surface area contributed by atoms with Crippen molar-refractivity contribution in [1.82, 2.24) is 9.88 Å². The summed E-state index contributed by atoms with van der Waals surface area (Å²) in [7, 11) is 2.07. The van der Waals surface area contributed by atoms with E-state index >= 15 is 0 Å². The van der Waals surface area contributed by atoms with Crippen LogP contribution in [0.4, 0.5) is 0 Å². The van der Waals surface area contributed by atoms with Gasteiger partial charge in [0.2, 0.25) is 0 Å². The minimum atomic E-state index is 0.757. The summed E-state index contributed by atoms with van der Waals surface area (Å²) >= 11 is 0. The predicted molar refractivity (Wildman–Crippen MR) is 75.4 cm³/mol. The molecule has 2 rings (SSSR count). The number of likely N-dealkylation sites (N-methyl/N-ethyl adjacent to an activating group) is 1. The molecular formula is C16H17N3. The average molecular weight is 251 g/mol. The first kappa shape index (κ1) is 13.3. The summed E-state index contributed by atoms with van der Waals surface area (Å²) < 4.78 is 0. The Bertz CT molecular complexity index is 558. The van der Waals surface area contributed by atoms with Crippen molar-refractivity contribution in [2.75, 3.05) is 13.6 Å². The van der Waals surface area contributed by atoms with Gasteiger partial charge in [0.25, 0.3) is 0 Å². The molecule has 0 spiro atoms. The fourth-order valence-corrected chi connectivity index (χ4v) is 1.99. The van der Waals surface area contributed by atoms with E-state index in [1.165, 1.54) is 0 Å². The summed E-state index contributed by atoms with van der Waals surface area (Å²) in [5, 5.41) is 9.06. The van der Waals surface area contributed by atoms with Crippen LogP contribution in [0, 0.1) is 11.3 Å². The molecule has 0 unspecified atom stereocenters. The van der Waals surface area contributed by atoms with Crippen LogP contribution in [0.15, 0.2) is 48.7 Å². The van der Waals surface area contributed by atoms with E-state index in [0.29, 0.717) is 0 Å². The van der Waals surface area contributed by atoms with Crippen LogP contribution in [0.25, 0.3) is 0 Å². The Labute approximate surface area is 114 Å². The van der Waals surface area contributed by atoms with Gasteiger partial charge in [-0.25, -0.2) is 0 Å². The summed E-state index contributed by atoms with van der Waals surface area (Å²) in [5.41, 5.74) is 2.93. The lowest BCUT2D eigenvalue weighted by Gasteiger charge is -2.17. The van der Waals surface area contributed by atoms with Gasteiger partial charge in [-0.15, -0.1) is 0 Å². The molecule has 1 aromatic heterocycles. The normalized spacial score (nSPS) is 10.4. The van der Waals surface area contributed by atoms with Crippen LogP contribution >= 0.6 is 0 Å². The predicted octanol–water partition coefficient (Wildman–Crippen LogP) is 2.63. The van der Waals surface area contributed by atoms with E-state index in [-0.39, 0.29) is 0 Å². The topological polar surface area (TPSA) is 39.9 Å². The fourth-order valence-electron chi connectivity index (χ4n) is 1.99. The smallest absolute Gasteiger partial charge is 0.0995 e. The highest BCUT2D eigenvalue weighted by atomic mass is 15.1. The Morgan fingerprint density at radius 3 is 2.68 bits per heavy atom. The molecule has 0 atom stereocenters. The van der Waals surface area contributed by atoms with Crippen molar-refractivity contribution in [3.05, 3.63) is 65.5 Å². The molecular weight excluding hydrogens is 234 g/mol. The zero-order valence-corrected chi connectivity index (χ0v) is 11.1. The van der Waals surface area contributed by atoms with Gasteiger partial charge in [-0.3, -0.25) is 4.98 Å². The fraction of sp³-hybridized carbons (Fsp3) is 0.250. The molecule has 0 amide bonds. The van der Waals surface area contributed by atoms with Crippen LogP contribution in [0.2, 0.25) is 0 Å². The Hall–Kier alpha value is -2.18. The molecule has 3 heteroatoms. The summed E-state index contributed by atoms with van der Waals surface area (Å²) in [6.45, 7) is 1.72. The van der Waals surface area contributed by atoms with Crippen molar-refractivity contribution >= 4 is 0 Å². The van der Waals surface area contributed by atoms with Gasteiger partial charge < -0.3 is 4.90 Å². The van der Waals surface area contributed by atoms with Gasteiger partial charge in [0.05, 0.1) is 11.6 Å². The number of aromatic nitrogens is 1. The van der Waals surface area contributed by atoms with Crippen molar-refractivity contribution < 1.29 is 0 Å². The van der Waals surface area contributed by atoms with Crippen molar-refractivity contribution in [2.45, 2.75) is 13.0 Å². The number of hydrogen-bond acceptors (Lipinski definition) is 3. The van der Waals surface area contributed by atoms with Crippen LogP contribution in [0.3, 0.4) is 0 Å². The summed E-state index contributed by atoms with van der Waals surface area (Å²) in [6, 6.07) is 16.0. The Morgan fingerprint density at radius 2 is 1.95 bits per heavy atom. The lowest BCUT2D eigenvalue weighted by molar-refractivity contribution is 0.329. The van der Waals surface area contributed by atoms with Gasteiger partial charge in [-0.05, 0) is 30.8 Å². The second-order valence-electron chi connectivity index (χ2n) is 4.58. The highest BCUT2D eigenvalue weighted by molar-refractivity contribution is 5.37. The molecule has 0 saturated heterocycles. The van der Waals surface area contributed by atoms with Crippen LogP contribution in [0.1, 0.15) is 16.8 Å². The first-order chi connectivity index (χ1) is 9.29. The lowest BCUT2D eigenvalue weighted by Crippen LogP contribution is -2.21. The van der Waals surface area contributed by atoms with E-state index in [2.05, 4.69) is 23.0 Å². The molecule has 0 saturated carbocycles. The number of rotatable bonds is 5. The number of nitrogens with zero attached hydrogens (tertiary/aromatic N) is 3. The second kappa shape index (κ2) is 6.67. The van der Waals surface area contributed by atoms with Gasteiger partial charge in [0.1, 0.15) is 0 Å². The summed E-state index contributed by atoms with van der Waals surface area (Å²) in [6.07, 6.45) is 2.74. The number of nitriles is 1. The molecule has 1 heterocycles. The quantitative estimate of drug-likeness (QED) is 0.820. The maximum absolute atomic E-state index is 9.06. The Kier molecular flexibility index (Phi) is 4.66. The molecule has 0 aliphatic rings. The molecule has 0 bridgehead atoms. The number of pyridine rings is 1. The molecule has 0 radical (unpaired) electrons. The molecule has 96 valence electrons. The minimum absolute atomic E-state index is 0.757. The molecule has 3 nitrogen and oxygen atoms in total. The maximum atomic E-state index is 9.06. The number of benzene rings is 1. The standard InChI is InChI=1S/C16H17N3/c1-19(11-9-16-8-4-5-10-18-16)13-15-7-3-2-6-14(15)12-17/h2-8,10H,9,11,13H2,1H3. The summed E-state index contributed by atoms with van der Waals surface area (Å²) in [4.78, 5) is 6.53.